The summed E-state index contributed by atoms with van der Waals surface area (Å²) in [5, 5.41) is 1.24. The molecule has 1 aromatic heterocycles. The highest BCUT2D eigenvalue weighted by Gasteiger charge is 2.13. The van der Waals surface area contributed by atoms with Gasteiger partial charge >= 0.3 is 5.63 Å². The Bertz CT molecular complexity index is 984. The molecule has 0 atom stereocenters. The van der Waals surface area contributed by atoms with Crippen molar-refractivity contribution in [3.05, 3.63) is 81.2 Å². The molecule has 120 valence electrons. The predicted molar refractivity (Wildman–Crippen MR) is 93.9 cm³/mol. The lowest BCUT2D eigenvalue weighted by Gasteiger charge is -2.04. The fourth-order valence-electron chi connectivity index (χ4n) is 2.29. The minimum absolute atomic E-state index is 0.0269. The minimum Gasteiger partial charge on any atom is -0.493 e. The standard InChI is InChI=1S/C19H13ClO4/c1-23-17-4-2-3-13-11-15(19(22)24-18(13)17)16(21)10-7-12-5-8-14(20)9-6-12/h2-11H,1H3. The van der Waals surface area contributed by atoms with Crippen LogP contribution in [0.2, 0.25) is 5.02 Å². The van der Waals surface area contributed by atoms with Crippen molar-refractivity contribution in [3.63, 3.8) is 0 Å². The molecule has 2 aromatic carbocycles. The molecule has 0 saturated heterocycles. The summed E-state index contributed by atoms with van der Waals surface area (Å²) in [6, 6.07) is 13.7. The van der Waals surface area contributed by atoms with Crippen LogP contribution in [0, 0.1) is 0 Å². The number of allylic oxidation sites excluding steroid dienone is 1. The van der Waals surface area contributed by atoms with Crippen molar-refractivity contribution in [3.8, 4) is 5.75 Å². The van der Waals surface area contributed by atoms with Crippen LogP contribution in [0.4, 0.5) is 0 Å². The average Bonchev–Trinajstić information content (AvgIpc) is 2.60. The highest BCUT2D eigenvalue weighted by Crippen LogP contribution is 2.24. The number of halogens is 1. The number of fused-ring (bicyclic) bond motifs is 1. The molecule has 24 heavy (non-hydrogen) atoms. The smallest absolute Gasteiger partial charge is 0.347 e. The molecule has 0 unspecified atom stereocenters. The molecule has 0 N–H and O–H groups in total. The molecule has 0 aliphatic rings. The molecule has 0 saturated carbocycles. The van der Waals surface area contributed by atoms with Crippen molar-refractivity contribution in [2.75, 3.05) is 7.11 Å². The van der Waals surface area contributed by atoms with E-state index in [4.69, 9.17) is 20.8 Å². The van der Waals surface area contributed by atoms with Gasteiger partial charge in [0.25, 0.3) is 0 Å². The quantitative estimate of drug-likeness (QED) is 0.402. The van der Waals surface area contributed by atoms with Gasteiger partial charge in [-0.1, -0.05) is 41.9 Å². The molecule has 0 fully saturated rings. The third kappa shape index (κ3) is 3.24. The maximum absolute atomic E-state index is 12.3. The lowest BCUT2D eigenvalue weighted by atomic mass is 10.1. The lowest BCUT2D eigenvalue weighted by Crippen LogP contribution is -2.12. The number of rotatable bonds is 4. The molecular formula is C19H13ClO4. The second-order valence-electron chi connectivity index (χ2n) is 5.08. The predicted octanol–water partition coefficient (Wildman–Crippen LogP) is 4.35. The Kier molecular flexibility index (Phi) is 4.49. The number of carbonyl (C=O) groups excluding carboxylic acids is 1. The molecule has 1 heterocycles. The number of methoxy groups -OCH3 is 1. The summed E-state index contributed by atoms with van der Waals surface area (Å²) in [6.45, 7) is 0. The second-order valence-corrected chi connectivity index (χ2v) is 5.51. The molecule has 0 aliphatic carbocycles. The summed E-state index contributed by atoms with van der Waals surface area (Å²) in [4.78, 5) is 24.4. The Morgan fingerprint density at radius 2 is 1.92 bits per heavy atom. The first kappa shape index (κ1) is 16.0. The number of para-hydroxylation sites is 1. The molecule has 0 amide bonds. The van der Waals surface area contributed by atoms with Crippen LogP contribution in [0.25, 0.3) is 17.0 Å². The van der Waals surface area contributed by atoms with Gasteiger partial charge in [-0.25, -0.2) is 4.79 Å². The number of ketones is 1. The maximum Gasteiger partial charge on any atom is 0.347 e. The van der Waals surface area contributed by atoms with Crippen molar-refractivity contribution in [1.82, 2.24) is 0 Å². The van der Waals surface area contributed by atoms with E-state index in [9.17, 15) is 9.59 Å². The summed E-state index contributed by atoms with van der Waals surface area (Å²) in [7, 11) is 1.49. The van der Waals surface area contributed by atoms with E-state index >= 15 is 0 Å². The van der Waals surface area contributed by atoms with E-state index in [0.717, 1.165) is 5.56 Å². The van der Waals surface area contributed by atoms with Crippen molar-refractivity contribution in [2.24, 2.45) is 0 Å². The van der Waals surface area contributed by atoms with Crippen molar-refractivity contribution in [2.45, 2.75) is 0 Å². The number of hydrogen-bond donors (Lipinski definition) is 0. The molecule has 3 rings (SSSR count). The van der Waals surface area contributed by atoms with E-state index in [1.54, 1.807) is 48.5 Å². The monoisotopic (exact) mass is 340 g/mol. The first-order valence-electron chi connectivity index (χ1n) is 7.17. The normalized spacial score (nSPS) is 11.1. The summed E-state index contributed by atoms with van der Waals surface area (Å²) in [6.07, 6.45) is 2.95. The Balaban J connectivity index is 1.96. The van der Waals surface area contributed by atoms with E-state index in [0.29, 0.717) is 21.7 Å². The molecule has 0 radical (unpaired) electrons. The van der Waals surface area contributed by atoms with Crippen LogP contribution in [0.1, 0.15) is 15.9 Å². The van der Waals surface area contributed by atoms with Gasteiger partial charge in [0.05, 0.1) is 7.11 Å². The number of hydrogen-bond acceptors (Lipinski definition) is 4. The van der Waals surface area contributed by atoms with Crippen LogP contribution in [0.5, 0.6) is 5.75 Å². The van der Waals surface area contributed by atoms with Crippen LogP contribution in [-0.4, -0.2) is 12.9 Å². The van der Waals surface area contributed by atoms with Crippen molar-refractivity contribution in [1.29, 1.82) is 0 Å². The topological polar surface area (TPSA) is 56.5 Å². The fraction of sp³-hybridized carbons (Fsp3) is 0.0526. The van der Waals surface area contributed by atoms with Gasteiger partial charge in [0, 0.05) is 10.4 Å². The molecular weight excluding hydrogens is 328 g/mol. The molecule has 0 bridgehead atoms. The van der Waals surface area contributed by atoms with Gasteiger partial charge in [-0.15, -0.1) is 0 Å². The van der Waals surface area contributed by atoms with Gasteiger partial charge in [-0.2, -0.15) is 0 Å². The summed E-state index contributed by atoms with van der Waals surface area (Å²) in [5.41, 5.74) is 0.404. The Morgan fingerprint density at radius 3 is 2.62 bits per heavy atom. The van der Waals surface area contributed by atoms with Gasteiger partial charge in [-0.05, 0) is 35.9 Å². The van der Waals surface area contributed by atoms with E-state index in [1.807, 2.05) is 0 Å². The highest BCUT2D eigenvalue weighted by molar-refractivity contribution is 6.30. The lowest BCUT2D eigenvalue weighted by molar-refractivity contribution is 0.104. The van der Waals surface area contributed by atoms with Crippen molar-refractivity contribution >= 4 is 34.4 Å². The van der Waals surface area contributed by atoms with E-state index in [1.165, 1.54) is 19.3 Å². The fourth-order valence-corrected chi connectivity index (χ4v) is 2.41. The van der Waals surface area contributed by atoms with Gasteiger partial charge in [0.2, 0.25) is 0 Å². The van der Waals surface area contributed by atoms with Crippen LogP contribution in [-0.2, 0) is 0 Å². The Labute approximate surface area is 142 Å². The third-order valence-electron chi connectivity index (χ3n) is 3.51. The number of carbonyl (C=O) groups is 1. The second kappa shape index (κ2) is 6.72. The zero-order chi connectivity index (χ0) is 17.1. The maximum atomic E-state index is 12.3. The molecule has 0 aliphatic heterocycles. The largest absolute Gasteiger partial charge is 0.493 e. The van der Waals surface area contributed by atoms with Gasteiger partial charge in [0.15, 0.2) is 17.1 Å². The molecule has 3 aromatic rings. The van der Waals surface area contributed by atoms with E-state index < -0.39 is 11.4 Å². The summed E-state index contributed by atoms with van der Waals surface area (Å²) >= 11 is 5.82. The van der Waals surface area contributed by atoms with E-state index in [2.05, 4.69) is 0 Å². The Hall–Kier alpha value is -2.85. The molecule has 5 heteroatoms. The minimum atomic E-state index is -0.697. The number of benzene rings is 2. The summed E-state index contributed by atoms with van der Waals surface area (Å²) in [5.74, 6) is 0.0173. The SMILES string of the molecule is COc1cccc2cc(C(=O)C=Cc3ccc(Cl)cc3)c(=O)oc12. The zero-order valence-electron chi connectivity index (χ0n) is 12.8. The van der Waals surface area contributed by atoms with Crippen LogP contribution in [0.15, 0.2) is 63.8 Å². The van der Waals surface area contributed by atoms with E-state index in [-0.39, 0.29) is 5.56 Å². The van der Waals surface area contributed by atoms with Gasteiger partial charge in [-0.3, -0.25) is 4.79 Å². The van der Waals surface area contributed by atoms with Crippen LogP contribution >= 0.6 is 11.6 Å². The van der Waals surface area contributed by atoms with Crippen LogP contribution in [0.3, 0.4) is 0 Å². The average molecular weight is 341 g/mol. The molecule has 4 nitrogen and oxygen atoms in total. The third-order valence-corrected chi connectivity index (χ3v) is 3.76. The first-order valence-corrected chi connectivity index (χ1v) is 7.55. The first-order chi connectivity index (χ1) is 11.6. The van der Waals surface area contributed by atoms with Crippen molar-refractivity contribution < 1.29 is 13.9 Å². The highest BCUT2D eigenvalue weighted by atomic mass is 35.5. The summed E-state index contributed by atoms with van der Waals surface area (Å²) < 4.78 is 10.4. The number of ether oxygens (including phenoxy) is 1. The molecule has 0 spiro atoms. The van der Waals surface area contributed by atoms with Gasteiger partial charge < -0.3 is 9.15 Å². The zero-order valence-corrected chi connectivity index (χ0v) is 13.5. The van der Waals surface area contributed by atoms with Crippen LogP contribution < -0.4 is 10.4 Å². The Morgan fingerprint density at radius 1 is 1.17 bits per heavy atom. The van der Waals surface area contributed by atoms with Gasteiger partial charge in [0.1, 0.15) is 5.56 Å².